The van der Waals surface area contributed by atoms with Crippen molar-refractivity contribution in [1.82, 2.24) is 4.31 Å². The van der Waals surface area contributed by atoms with Gasteiger partial charge in [0.25, 0.3) is 0 Å². The van der Waals surface area contributed by atoms with E-state index in [2.05, 4.69) is 0 Å². The molecule has 2 N–H and O–H groups in total. The van der Waals surface area contributed by atoms with E-state index in [0.29, 0.717) is 24.6 Å². The first-order valence-electron chi connectivity index (χ1n) is 6.91. The summed E-state index contributed by atoms with van der Waals surface area (Å²) in [6.07, 6.45) is 1.93. The Morgan fingerprint density at radius 2 is 2.00 bits per heavy atom. The quantitative estimate of drug-likeness (QED) is 0.898. The van der Waals surface area contributed by atoms with Crippen LogP contribution in [0.1, 0.15) is 18.4 Å². The molecule has 0 amide bonds. The average Bonchev–Trinajstić information content (AvgIpc) is 2.92. The maximum absolute atomic E-state index is 13.9. The van der Waals surface area contributed by atoms with Gasteiger partial charge < -0.3 is 5.73 Å². The van der Waals surface area contributed by atoms with Crippen LogP contribution in [0, 0.1) is 24.6 Å². The number of hydrogen-bond donors (Lipinski definition) is 1. The Morgan fingerprint density at radius 1 is 1.29 bits per heavy atom. The molecule has 4 nitrogen and oxygen atoms in total. The fraction of sp³-hybridized carbons (Fsp3) is 0.571. The Bertz CT molecular complexity index is 638. The van der Waals surface area contributed by atoms with Crippen molar-refractivity contribution in [2.24, 2.45) is 17.6 Å². The van der Waals surface area contributed by atoms with Gasteiger partial charge in [-0.3, -0.25) is 0 Å². The zero-order chi connectivity index (χ0) is 14.5. The Hall–Kier alpha value is -0.690. The van der Waals surface area contributed by atoms with Crippen LogP contribution in [0.4, 0.5) is 4.39 Å². The van der Waals surface area contributed by atoms with Gasteiger partial charge in [0.15, 0.2) is 0 Å². The molecule has 0 aromatic heterocycles. The SMILES string of the molecule is Cc1ccc(S(=O)(=O)N2CC3CCC(N)C3C2)c(F)c1.Cl. The summed E-state index contributed by atoms with van der Waals surface area (Å²) in [6, 6.07) is 4.31. The van der Waals surface area contributed by atoms with Gasteiger partial charge in [-0.2, -0.15) is 4.31 Å². The first-order valence-corrected chi connectivity index (χ1v) is 8.35. The van der Waals surface area contributed by atoms with Gasteiger partial charge in [-0.05, 0) is 49.3 Å². The summed E-state index contributed by atoms with van der Waals surface area (Å²) in [5, 5.41) is 0. The molecule has 0 radical (unpaired) electrons. The zero-order valence-corrected chi connectivity index (χ0v) is 13.5. The molecule has 1 aliphatic carbocycles. The third-order valence-corrected chi connectivity index (χ3v) is 6.45. The fourth-order valence-corrected chi connectivity index (χ4v) is 5.00. The molecule has 3 atom stereocenters. The molecule has 1 aliphatic heterocycles. The molecule has 7 heteroatoms. The highest BCUT2D eigenvalue weighted by atomic mass is 35.5. The molecule has 21 heavy (non-hydrogen) atoms. The predicted octanol–water partition coefficient (Wildman–Crippen LogP) is 1.91. The highest BCUT2D eigenvalue weighted by Gasteiger charge is 2.45. The van der Waals surface area contributed by atoms with E-state index in [4.69, 9.17) is 5.73 Å². The molecule has 1 aromatic carbocycles. The van der Waals surface area contributed by atoms with Crippen molar-refractivity contribution in [1.29, 1.82) is 0 Å². The fourth-order valence-electron chi connectivity index (χ4n) is 3.42. The van der Waals surface area contributed by atoms with Crippen LogP contribution in [0.25, 0.3) is 0 Å². The second-order valence-electron chi connectivity index (χ2n) is 5.92. The molecular weight excluding hydrogens is 315 g/mol. The molecular formula is C14H20ClFN2O2S. The number of fused-ring (bicyclic) bond motifs is 1. The third-order valence-electron chi connectivity index (χ3n) is 4.58. The van der Waals surface area contributed by atoms with E-state index in [1.165, 1.54) is 16.4 Å². The maximum atomic E-state index is 13.9. The van der Waals surface area contributed by atoms with Crippen LogP contribution in [0.5, 0.6) is 0 Å². The van der Waals surface area contributed by atoms with Gasteiger partial charge in [-0.15, -0.1) is 12.4 Å². The lowest BCUT2D eigenvalue weighted by molar-refractivity contribution is 0.424. The first kappa shape index (κ1) is 16.7. The minimum atomic E-state index is -3.75. The van der Waals surface area contributed by atoms with Crippen molar-refractivity contribution >= 4 is 22.4 Å². The summed E-state index contributed by atoms with van der Waals surface area (Å²) in [6.45, 7) is 2.62. The number of aryl methyl sites for hydroxylation is 1. The van der Waals surface area contributed by atoms with Crippen LogP contribution >= 0.6 is 12.4 Å². The summed E-state index contributed by atoms with van der Waals surface area (Å²) in [7, 11) is -3.75. The minimum absolute atomic E-state index is 0. The van der Waals surface area contributed by atoms with E-state index in [-0.39, 0.29) is 29.3 Å². The number of sulfonamides is 1. The summed E-state index contributed by atoms with van der Waals surface area (Å²) < 4.78 is 40.4. The van der Waals surface area contributed by atoms with Crippen LogP contribution in [-0.2, 0) is 10.0 Å². The lowest BCUT2D eigenvalue weighted by Crippen LogP contribution is -2.33. The summed E-state index contributed by atoms with van der Waals surface area (Å²) in [5.41, 5.74) is 6.73. The highest BCUT2D eigenvalue weighted by molar-refractivity contribution is 7.89. The number of benzene rings is 1. The van der Waals surface area contributed by atoms with Gasteiger partial charge in [0.2, 0.25) is 10.0 Å². The molecule has 1 heterocycles. The molecule has 0 spiro atoms. The van der Waals surface area contributed by atoms with Gasteiger partial charge >= 0.3 is 0 Å². The third kappa shape index (κ3) is 2.82. The van der Waals surface area contributed by atoms with E-state index >= 15 is 0 Å². The van der Waals surface area contributed by atoms with Crippen LogP contribution in [0.3, 0.4) is 0 Å². The summed E-state index contributed by atoms with van der Waals surface area (Å²) >= 11 is 0. The molecule has 0 bridgehead atoms. The molecule has 3 rings (SSSR count). The summed E-state index contributed by atoms with van der Waals surface area (Å²) in [4.78, 5) is -0.225. The van der Waals surface area contributed by atoms with Crippen LogP contribution in [0.15, 0.2) is 23.1 Å². The van der Waals surface area contributed by atoms with Gasteiger partial charge in [-0.25, -0.2) is 12.8 Å². The lowest BCUT2D eigenvalue weighted by Gasteiger charge is -2.19. The van der Waals surface area contributed by atoms with Gasteiger partial charge in [-0.1, -0.05) is 6.07 Å². The van der Waals surface area contributed by atoms with Gasteiger partial charge in [0.1, 0.15) is 10.7 Å². The van der Waals surface area contributed by atoms with E-state index in [1.54, 1.807) is 13.0 Å². The monoisotopic (exact) mass is 334 g/mol. The van der Waals surface area contributed by atoms with E-state index in [0.717, 1.165) is 12.8 Å². The van der Waals surface area contributed by atoms with Crippen LogP contribution < -0.4 is 5.73 Å². The number of nitrogens with zero attached hydrogens (tertiary/aromatic N) is 1. The number of nitrogens with two attached hydrogens (primary N) is 1. The molecule has 2 fully saturated rings. The predicted molar refractivity (Wildman–Crippen MR) is 81.3 cm³/mol. The molecule has 1 aromatic rings. The minimum Gasteiger partial charge on any atom is -0.327 e. The van der Waals surface area contributed by atoms with Crippen LogP contribution in [-0.4, -0.2) is 31.9 Å². The molecule has 3 unspecified atom stereocenters. The largest absolute Gasteiger partial charge is 0.327 e. The topological polar surface area (TPSA) is 63.4 Å². The smallest absolute Gasteiger partial charge is 0.246 e. The molecule has 1 saturated heterocycles. The standard InChI is InChI=1S/C14H19FN2O2S.ClH/c1-9-2-5-14(12(15)6-9)20(18,19)17-7-10-3-4-13(16)11(10)8-17;/h2,5-6,10-11,13H,3-4,7-8,16H2,1H3;1H. The Balaban J connectivity index is 0.00000161. The second-order valence-corrected chi connectivity index (χ2v) is 7.83. The normalized spacial score (nSPS) is 29.2. The van der Waals surface area contributed by atoms with E-state index < -0.39 is 15.8 Å². The zero-order valence-electron chi connectivity index (χ0n) is 11.8. The van der Waals surface area contributed by atoms with Crippen molar-refractivity contribution < 1.29 is 12.8 Å². The number of rotatable bonds is 2. The van der Waals surface area contributed by atoms with Crippen molar-refractivity contribution in [3.63, 3.8) is 0 Å². The molecule has 2 aliphatic rings. The first-order chi connectivity index (χ1) is 9.39. The summed E-state index contributed by atoms with van der Waals surface area (Å²) in [5.74, 6) is -0.127. The van der Waals surface area contributed by atoms with E-state index in [9.17, 15) is 12.8 Å². The average molecular weight is 335 g/mol. The van der Waals surface area contributed by atoms with Crippen molar-refractivity contribution in [2.45, 2.75) is 30.7 Å². The Kier molecular flexibility index (Phi) is 4.63. The van der Waals surface area contributed by atoms with Crippen molar-refractivity contribution in [3.05, 3.63) is 29.6 Å². The maximum Gasteiger partial charge on any atom is 0.246 e. The lowest BCUT2D eigenvalue weighted by atomic mass is 9.98. The Labute approximate surface area is 131 Å². The van der Waals surface area contributed by atoms with Crippen molar-refractivity contribution in [2.75, 3.05) is 13.1 Å². The van der Waals surface area contributed by atoms with Gasteiger partial charge in [0, 0.05) is 19.1 Å². The number of hydrogen-bond acceptors (Lipinski definition) is 3. The van der Waals surface area contributed by atoms with Crippen LogP contribution in [0.2, 0.25) is 0 Å². The number of halogens is 2. The highest BCUT2D eigenvalue weighted by Crippen LogP contribution is 2.39. The van der Waals surface area contributed by atoms with E-state index in [1.807, 2.05) is 0 Å². The second kappa shape index (κ2) is 5.83. The van der Waals surface area contributed by atoms with Gasteiger partial charge in [0.05, 0.1) is 0 Å². The Morgan fingerprint density at radius 3 is 2.62 bits per heavy atom. The molecule has 1 saturated carbocycles. The molecule has 118 valence electrons. The van der Waals surface area contributed by atoms with Crippen molar-refractivity contribution in [3.8, 4) is 0 Å².